The van der Waals surface area contributed by atoms with Crippen LogP contribution in [0, 0.1) is 5.82 Å². The molecule has 0 fully saturated rings. The Morgan fingerprint density at radius 1 is 1.05 bits per heavy atom. The lowest BCUT2D eigenvalue weighted by Gasteiger charge is -2.12. The number of nitrogens with one attached hydrogen (secondary N) is 2. The molecule has 118 valence electrons. The van der Waals surface area contributed by atoms with Crippen LogP contribution in [0.15, 0.2) is 53.5 Å². The van der Waals surface area contributed by atoms with E-state index >= 15 is 0 Å². The Bertz CT molecular complexity index is 617. The normalized spacial score (nSPS) is 10.8. The second-order valence-electron chi connectivity index (χ2n) is 4.54. The van der Waals surface area contributed by atoms with Crippen LogP contribution in [0.3, 0.4) is 0 Å². The van der Waals surface area contributed by atoms with Gasteiger partial charge in [0.2, 0.25) is 0 Å². The molecule has 2 rings (SSSR count). The van der Waals surface area contributed by atoms with Gasteiger partial charge in [-0.1, -0.05) is 35.9 Å². The zero-order valence-electron chi connectivity index (χ0n) is 12.1. The molecule has 0 aromatic heterocycles. The molecule has 0 aliphatic carbocycles. The number of aliphatic imine (C=N–C) groups is 1. The fraction of sp³-hybridized carbons (Fsp3) is 0.188. The highest BCUT2D eigenvalue weighted by atomic mass is 127. The molecule has 0 aliphatic rings. The molecule has 0 heterocycles. The maximum absolute atomic E-state index is 13.1. The summed E-state index contributed by atoms with van der Waals surface area (Å²) in [7, 11) is 1.70. The van der Waals surface area contributed by atoms with Crippen LogP contribution < -0.4 is 10.6 Å². The van der Waals surface area contributed by atoms with Crippen molar-refractivity contribution in [2.24, 2.45) is 4.99 Å². The summed E-state index contributed by atoms with van der Waals surface area (Å²) in [6.07, 6.45) is 0. The number of guanidine groups is 1. The molecule has 2 aromatic rings. The fourth-order valence-corrected chi connectivity index (χ4v) is 1.97. The number of rotatable bonds is 4. The van der Waals surface area contributed by atoms with Crippen molar-refractivity contribution in [3.05, 3.63) is 70.5 Å². The van der Waals surface area contributed by atoms with Gasteiger partial charge >= 0.3 is 0 Å². The lowest BCUT2D eigenvalue weighted by molar-refractivity contribution is 0.624. The summed E-state index contributed by atoms with van der Waals surface area (Å²) in [4.78, 5) is 4.13. The third-order valence-electron chi connectivity index (χ3n) is 2.95. The van der Waals surface area contributed by atoms with Crippen molar-refractivity contribution >= 4 is 41.5 Å². The van der Waals surface area contributed by atoms with E-state index in [0.717, 1.165) is 11.1 Å². The summed E-state index contributed by atoms with van der Waals surface area (Å²) in [6.45, 7) is 1.15. The predicted molar refractivity (Wildman–Crippen MR) is 100 cm³/mol. The molecule has 0 saturated carbocycles. The van der Waals surface area contributed by atoms with Crippen molar-refractivity contribution in [2.45, 2.75) is 13.1 Å². The van der Waals surface area contributed by atoms with Gasteiger partial charge in [-0.05, 0) is 35.4 Å². The highest BCUT2D eigenvalue weighted by Gasteiger charge is 2.00. The van der Waals surface area contributed by atoms with Crippen LogP contribution in [0.5, 0.6) is 0 Å². The molecule has 0 atom stereocenters. The van der Waals surface area contributed by atoms with Gasteiger partial charge in [-0.15, -0.1) is 24.0 Å². The minimum absolute atomic E-state index is 0. The van der Waals surface area contributed by atoms with Gasteiger partial charge in [0.1, 0.15) is 5.82 Å². The fourth-order valence-electron chi connectivity index (χ4n) is 1.84. The molecule has 2 N–H and O–H groups in total. The van der Waals surface area contributed by atoms with E-state index in [1.165, 1.54) is 12.1 Å². The third kappa shape index (κ3) is 6.19. The van der Waals surface area contributed by atoms with E-state index in [0.29, 0.717) is 24.1 Å². The molecule has 0 amide bonds. The van der Waals surface area contributed by atoms with Gasteiger partial charge in [-0.2, -0.15) is 0 Å². The topological polar surface area (TPSA) is 36.4 Å². The summed E-state index contributed by atoms with van der Waals surface area (Å²) >= 11 is 5.84. The van der Waals surface area contributed by atoms with Gasteiger partial charge in [0.05, 0.1) is 0 Å². The van der Waals surface area contributed by atoms with Gasteiger partial charge in [0.15, 0.2) is 5.96 Å². The average molecular weight is 434 g/mol. The largest absolute Gasteiger partial charge is 0.352 e. The van der Waals surface area contributed by atoms with E-state index in [1.54, 1.807) is 13.1 Å². The summed E-state index contributed by atoms with van der Waals surface area (Å²) in [6, 6.07) is 14.1. The van der Waals surface area contributed by atoms with E-state index in [2.05, 4.69) is 15.6 Å². The summed E-state index contributed by atoms with van der Waals surface area (Å²) in [5, 5.41) is 7.05. The number of hydrogen-bond acceptors (Lipinski definition) is 1. The molecule has 0 radical (unpaired) electrons. The van der Waals surface area contributed by atoms with Crippen LogP contribution >= 0.6 is 35.6 Å². The van der Waals surface area contributed by atoms with Gasteiger partial charge in [-0.3, -0.25) is 4.99 Å². The van der Waals surface area contributed by atoms with Gasteiger partial charge < -0.3 is 10.6 Å². The van der Waals surface area contributed by atoms with Crippen molar-refractivity contribution in [3.63, 3.8) is 0 Å². The van der Waals surface area contributed by atoms with Crippen molar-refractivity contribution in [1.82, 2.24) is 10.6 Å². The summed E-state index contributed by atoms with van der Waals surface area (Å²) < 4.78 is 13.1. The first-order valence-corrected chi connectivity index (χ1v) is 6.98. The summed E-state index contributed by atoms with van der Waals surface area (Å²) in [5.41, 5.74) is 1.97. The quantitative estimate of drug-likeness (QED) is 0.435. The molecule has 0 spiro atoms. The Balaban J connectivity index is 0.00000242. The monoisotopic (exact) mass is 433 g/mol. The van der Waals surface area contributed by atoms with Gasteiger partial charge in [-0.25, -0.2) is 4.39 Å². The van der Waals surface area contributed by atoms with Crippen molar-refractivity contribution in [1.29, 1.82) is 0 Å². The van der Waals surface area contributed by atoms with Crippen LogP contribution in [0.4, 0.5) is 4.39 Å². The molecule has 0 bridgehead atoms. The Labute approximate surface area is 152 Å². The second kappa shape index (κ2) is 9.63. The predicted octanol–water partition coefficient (Wildman–Crippen LogP) is 3.96. The van der Waals surface area contributed by atoms with Gasteiger partial charge in [0.25, 0.3) is 0 Å². The van der Waals surface area contributed by atoms with E-state index < -0.39 is 0 Å². The SMILES string of the molecule is CN=C(NCc1ccc(Cl)cc1)NCc1cccc(F)c1.I. The number of hydrogen-bond donors (Lipinski definition) is 2. The average Bonchev–Trinajstić information content (AvgIpc) is 2.49. The molecule has 0 unspecified atom stereocenters. The molecule has 22 heavy (non-hydrogen) atoms. The van der Waals surface area contributed by atoms with Crippen LogP contribution in [0.2, 0.25) is 5.02 Å². The smallest absolute Gasteiger partial charge is 0.191 e. The Hall–Kier alpha value is -1.34. The van der Waals surface area contributed by atoms with Crippen LogP contribution in [-0.2, 0) is 13.1 Å². The van der Waals surface area contributed by atoms with Crippen LogP contribution in [0.1, 0.15) is 11.1 Å². The molecule has 0 saturated heterocycles. The minimum Gasteiger partial charge on any atom is -0.352 e. The van der Waals surface area contributed by atoms with E-state index in [4.69, 9.17) is 11.6 Å². The van der Waals surface area contributed by atoms with Crippen molar-refractivity contribution < 1.29 is 4.39 Å². The highest BCUT2D eigenvalue weighted by molar-refractivity contribution is 14.0. The Kier molecular flexibility index (Phi) is 8.19. The van der Waals surface area contributed by atoms with Gasteiger partial charge in [0, 0.05) is 25.2 Å². The second-order valence-corrected chi connectivity index (χ2v) is 4.97. The lowest BCUT2D eigenvalue weighted by Crippen LogP contribution is -2.36. The zero-order chi connectivity index (χ0) is 15.1. The lowest BCUT2D eigenvalue weighted by atomic mass is 10.2. The molecule has 3 nitrogen and oxygen atoms in total. The summed E-state index contributed by atoms with van der Waals surface area (Å²) in [5.74, 6) is 0.424. The minimum atomic E-state index is -0.238. The first-order valence-electron chi connectivity index (χ1n) is 6.61. The van der Waals surface area contributed by atoms with Crippen LogP contribution in [-0.4, -0.2) is 13.0 Å². The highest BCUT2D eigenvalue weighted by Crippen LogP contribution is 2.09. The molecular weight excluding hydrogens is 416 g/mol. The van der Waals surface area contributed by atoms with E-state index in [-0.39, 0.29) is 29.8 Å². The third-order valence-corrected chi connectivity index (χ3v) is 3.20. The number of benzene rings is 2. The zero-order valence-corrected chi connectivity index (χ0v) is 15.2. The number of nitrogens with zero attached hydrogens (tertiary/aromatic N) is 1. The first-order chi connectivity index (χ1) is 10.2. The van der Waals surface area contributed by atoms with Crippen molar-refractivity contribution in [3.8, 4) is 0 Å². The number of halogens is 3. The molecule has 0 aliphatic heterocycles. The molecule has 2 aromatic carbocycles. The van der Waals surface area contributed by atoms with E-state index in [1.807, 2.05) is 30.3 Å². The maximum Gasteiger partial charge on any atom is 0.191 e. The maximum atomic E-state index is 13.1. The standard InChI is InChI=1S/C16H17ClFN3.HI/c1-19-16(20-10-12-5-7-14(17)8-6-12)21-11-13-3-2-4-15(18)9-13;/h2-9H,10-11H2,1H3,(H2,19,20,21);1H. The Morgan fingerprint density at radius 2 is 1.68 bits per heavy atom. The molecular formula is C16H18ClFIN3. The van der Waals surface area contributed by atoms with E-state index in [9.17, 15) is 4.39 Å². The van der Waals surface area contributed by atoms with Crippen molar-refractivity contribution in [2.75, 3.05) is 7.05 Å². The van der Waals surface area contributed by atoms with Crippen LogP contribution in [0.25, 0.3) is 0 Å². The molecule has 6 heteroatoms. The Morgan fingerprint density at radius 3 is 2.27 bits per heavy atom. The first kappa shape index (κ1) is 18.7.